The molecule has 0 saturated heterocycles. The molecule has 0 aliphatic heterocycles. The number of nitrogens with one attached hydrogen (secondary N) is 1. The molecule has 0 radical (unpaired) electrons. The summed E-state index contributed by atoms with van der Waals surface area (Å²) in [6.45, 7) is 0.742. The lowest BCUT2D eigenvalue weighted by Crippen LogP contribution is -2.49. The summed E-state index contributed by atoms with van der Waals surface area (Å²) in [7, 11) is 0. The van der Waals surface area contributed by atoms with Crippen LogP contribution in [0.25, 0.3) is 0 Å². The molecule has 3 unspecified atom stereocenters. The van der Waals surface area contributed by atoms with E-state index >= 15 is 0 Å². The minimum Gasteiger partial charge on any atom is -0.480 e. The Labute approximate surface area is 75.2 Å². The van der Waals surface area contributed by atoms with Crippen LogP contribution in [0.15, 0.2) is 0 Å². The Hall–Kier alpha value is -0.980. The summed E-state index contributed by atoms with van der Waals surface area (Å²) in [6, 6.07) is -2.01. The van der Waals surface area contributed by atoms with E-state index in [2.05, 4.69) is 5.32 Å². The number of hydrogen-bond acceptors (Lipinski definition) is 5. The Morgan fingerprint density at radius 1 is 1.62 bits per heavy atom. The van der Waals surface area contributed by atoms with Crippen molar-refractivity contribution in [2.75, 3.05) is 6.61 Å². The molecule has 0 rings (SSSR count). The fraction of sp³-hybridized carbons (Fsp3) is 0.714. The van der Waals surface area contributed by atoms with Crippen LogP contribution >= 0.6 is 0 Å². The number of carbonyl (C=O) groups excluding carboxylic acids is 1. The predicted molar refractivity (Wildman–Crippen MR) is 43.2 cm³/mol. The van der Waals surface area contributed by atoms with Crippen LogP contribution < -0.4 is 5.32 Å². The Morgan fingerprint density at radius 2 is 2.15 bits per heavy atom. The summed E-state index contributed by atoms with van der Waals surface area (Å²) >= 11 is 0. The highest BCUT2D eigenvalue weighted by atomic mass is 16.4. The highest BCUT2D eigenvalue weighted by Crippen LogP contribution is 1.92. The number of aliphatic hydroxyl groups is 2. The van der Waals surface area contributed by atoms with Crippen molar-refractivity contribution in [3.8, 4) is 0 Å². The molecule has 0 amide bonds. The fourth-order valence-corrected chi connectivity index (χ4v) is 0.715. The van der Waals surface area contributed by atoms with E-state index < -0.39 is 30.8 Å². The number of hydrogen-bond donors (Lipinski definition) is 4. The molecule has 0 fully saturated rings. The molecule has 0 spiro atoms. The second-order valence-electron chi connectivity index (χ2n) is 2.64. The first kappa shape index (κ1) is 12.0. The molecule has 6 heteroatoms. The van der Waals surface area contributed by atoms with Crippen LogP contribution in [0.2, 0.25) is 0 Å². The van der Waals surface area contributed by atoms with E-state index in [0.717, 1.165) is 0 Å². The summed E-state index contributed by atoms with van der Waals surface area (Å²) in [6.07, 6.45) is -0.917. The summed E-state index contributed by atoms with van der Waals surface area (Å²) in [5, 5.41) is 28.3. The van der Waals surface area contributed by atoms with Gasteiger partial charge in [-0.15, -0.1) is 0 Å². The molecule has 0 aromatic carbocycles. The van der Waals surface area contributed by atoms with Crippen molar-refractivity contribution in [1.82, 2.24) is 5.32 Å². The Morgan fingerprint density at radius 3 is 2.46 bits per heavy atom. The predicted octanol–water partition coefficient (Wildman–Crippen LogP) is -2.03. The zero-order valence-corrected chi connectivity index (χ0v) is 7.17. The maximum Gasteiger partial charge on any atom is 0.320 e. The second-order valence-corrected chi connectivity index (χ2v) is 2.64. The molecule has 0 bridgehead atoms. The zero-order valence-electron chi connectivity index (χ0n) is 7.17. The van der Waals surface area contributed by atoms with Crippen molar-refractivity contribution in [2.45, 2.75) is 25.1 Å². The van der Waals surface area contributed by atoms with Crippen molar-refractivity contribution in [3.05, 3.63) is 0 Å². The molecule has 13 heavy (non-hydrogen) atoms. The van der Waals surface area contributed by atoms with Crippen LogP contribution in [0, 0.1) is 0 Å². The minimum atomic E-state index is -1.28. The van der Waals surface area contributed by atoms with Crippen LogP contribution in [0.5, 0.6) is 0 Å². The number of aliphatic hydroxyl groups excluding tert-OH is 2. The molecule has 3 atom stereocenters. The third-order valence-electron chi connectivity index (χ3n) is 1.56. The molecule has 0 aliphatic carbocycles. The van der Waals surface area contributed by atoms with E-state index in [0.29, 0.717) is 6.29 Å². The highest BCUT2D eigenvalue weighted by Gasteiger charge is 2.22. The summed E-state index contributed by atoms with van der Waals surface area (Å²) in [4.78, 5) is 20.7. The number of aliphatic carboxylic acids is 1. The third-order valence-corrected chi connectivity index (χ3v) is 1.56. The zero-order chi connectivity index (χ0) is 10.4. The fourth-order valence-electron chi connectivity index (χ4n) is 0.715. The highest BCUT2D eigenvalue weighted by molar-refractivity contribution is 5.73. The molecular formula is C7H13NO5. The maximum atomic E-state index is 10.3. The van der Waals surface area contributed by atoms with E-state index in [9.17, 15) is 9.59 Å². The number of carboxylic acids is 1. The minimum absolute atomic E-state index is 0.361. The first-order valence-electron chi connectivity index (χ1n) is 3.76. The van der Waals surface area contributed by atoms with Gasteiger partial charge in [0.25, 0.3) is 0 Å². The van der Waals surface area contributed by atoms with Crippen LogP contribution in [0.4, 0.5) is 0 Å². The average molecular weight is 191 g/mol. The van der Waals surface area contributed by atoms with Crippen molar-refractivity contribution in [2.24, 2.45) is 0 Å². The van der Waals surface area contributed by atoms with Crippen molar-refractivity contribution < 1.29 is 24.9 Å². The first-order valence-corrected chi connectivity index (χ1v) is 3.76. The van der Waals surface area contributed by atoms with Gasteiger partial charge in [0, 0.05) is 0 Å². The standard InChI is InChI=1S/C7H13NO5/c1-4(7(12)13)8-5(2-9)6(11)3-10/h2,4-6,8,10-11H,3H2,1H3,(H,12,13). The quantitative estimate of drug-likeness (QED) is 0.361. The van der Waals surface area contributed by atoms with Gasteiger partial charge in [0.1, 0.15) is 12.3 Å². The van der Waals surface area contributed by atoms with Gasteiger partial charge in [-0.2, -0.15) is 0 Å². The monoisotopic (exact) mass is 191 g/mol. The van der Waals surface area contributed by atoms with E-state index in [1.807, 2.05) is 0 Å². The molecule has 0 aromatic rings. The van der Waals surface area contributed by atoms with Gasteiger partial charge in [-0.1, -0.05) is 0 Å². The Bertz CT molecular complexity index is 184. The van der Waals surface area contributed by atoms with Gasteiger partial charge in [-0.05, 0) is 6.92 Å². The van der Waals surface area contributed by atoms with Gasteiger partial charge < -0.3 is 20.1 Å². The normalized spacial score (nSPS) is 17.5. The number of carboxylic acid groups (broad SMARTS) is 1. The SMILES string of the molecule is CC(NC(C=O)C(O)CO)C(=O)O. The van der Waals surface area contributed by atoms with Crippen LogP contribution in [0.3, 0.4) is 0 Å². The lowest BCUT2D eigenvalue weighted by Gasteiger charge is -2.19. The number of rotatable bonds is 6. The molecule has 0 aliphatic rings. The summed E-state index contributed by atoms with van der Waals surface area (Å²) < 4.78 is 0. The smallest absolute Gasteiger partial charge is 0.320 e. The lowest BCUT2D eigenvalue weighted by molar-refractivity contribution is -0.139. The molecule has 4 N–H and O–H groups in total. The van der Waals surface area contributed by atoms with Crippen molar-refractivity contribution in [1.29, 1.82) is 0 Å². The van der Waals surface area contributed by atoms with Crippen LogP contribution in [-0.2, 0) is 9.59 Å². The van der Waals surface area contributed by atoms with E-state index in [-0.39, 0.29) is 0 Å². The van der Waals surface area contributed by atoms with E-state index in [4.69, 9.17) is 15.3 Å². The maximum absolute atomic E-state index is 10.3. The number of carbonyl (C=O) groups is 2. The van der Waals surface area contributed by atoms with Crippen LogP contribution in [-0.4, -0.2) is 52.4 Å². The summed E-state index contributed by atoms with van der Waals surface area (Å²) in [5.74, 6) is -1.13. The van der Waals surface area contributed by atoms with Gasteiger partial charge in [0.2, 0.25) is 0 Å². The molecule has 6 nitrogen and oxygen atoms in total. The van der Waals surface area contributed by atoms with E-state index in [1.54, 1.807) is 0 Å². The van der Waals surface area contributed by atoms with Crippen molar-refractivity contribution in [3.63, 3.8) is 0 Å². The Kier molecular flexibility index (Phi) is 5.20. The van der Waals surface area contributed by atoms with Gasteiger partial charge >= 0.3 is 5.97 Å². The van der Waals surface area contributed by atoms with E-state index in [1.165, 1.54) is 6.92 Å². The average Bonchev–Trinajstić information content (AvgIpc) is 2.12. The molecule has 0 aromatic heterocycles. The Balaban J connectivity index is 4.12. The lowest BCUT2D eigenvalue weighted by atomic mass is 10.1. The molecule has 0 saturated carbocycles. The molecule has 76 valence electrons. The summed E-state index contributed by atoms with van der Waals surface area (Å²) in [5.41, 5.74) is 0. The van der Waals surface area contributed by atoms with Crippen molar-refractivity contribution >= 4 is 12.3 Å². The molecule has 0 heterocycles. The second kappa shape index (κ2) is 5.63. The number of aldehydes is 1. The van der Waals surface area contributed by atoms with Gasteiger partial charge in [-0.3, -0.25) is 10.1 Å². The van der Waals surface area contributed by atoms with Gasteiger partial charge in [-0.25, -0.2) is 0 Å². The molecular weight excluding hydrogens is 178 g/mol. The van der Waals surface area contributed by atoms with Gasteiger partial charge in [0.05, 0.1) is 18.8 Å². The largest absolute Gasteiger partial charge is 0.480 e. The van der Waals surface area contributed by atoms with Gasteiger partial charge in [0.15, 0.2) is 0 Å². The first-order chi connectivity index (χ1) is 6.02. The topological polar surface area (TPSA) is 107 Å². The third kappa shape index (κ3) is 3.97. The van der Waals surface area contributed by atoms with Crippen LogP contribution in [0.1, 0.15) is 6.92 Å².